The van der Waals surface area contributed by atoms with E-state index in [2.05, 4.69) is 154 Å². The number of rotatable bonds is 58. The van der Waals surface area contributed by atoms with Crippen LogP contribution >= 0.6 is 0 Å². The Balaban J connectivity index is 4.43. The van der Waals surface area contributed by atoms with E-state index in [4.69, 9.17) is 14.2 Å². The van der Waals surface area contributed by atoms with Gasteiger partial charge >= 0.3 is 17.9 Å². The van der Waals surface area contributed by atoms with E-state index in [-0.39, 0.29) is 31.1 Å². The van der Waals surface area contributed by atoms with Gasteiger partial charge in [-0.3, -0.25) is 14.4 Å². The Morgan fingerprint density at radius 1 is 0.266 bits per heavy atom. The molecule has 0 amide bonds. The van der Waals surface area contributed by atoms with E-state index in [1.165, 1.54) is 96.3 Å². The monoisotopic (exact) mass is 1090 g/mol. The predicted molar refractivity (Wildman–Crippen MR) is 343 cm³/mol. The average molecular weight is 1090 g/mol. The van der Waals surface area contributed by atoms with Crippen molar-refractivity contribution in [1.29, 1.82) is 0 Å². The molecule has 0 aliphatic rings. The van der Waals surface area contributed by atoms with E-state index in [1.54, 1.807) is 0 Å². The minimum absolute atomic E-state index is 0.0968. The van der Waals surface area contributed by atoms with Crippen LogP contribution in [0, 0.1) is 0 Å². The fraction of sp³-hybridized carbons (Fsp3) is 0.658. The zero-order valence-electron chi connectivity index (χ0n) is 51.3. The molecule has 6 nitrogen and oxygen atoms in total. The molecule has 0 fully saturated rings. The molecule has 6 heteroatoms. The van der Waals surface area contributed by atoms with Gasteiger partial charge in [-0.1, -0.05) is 270 Å². The van der Waals surface area contributed by atoms with Gasteiger partial charge in [-0.05, 0) is 135 Å². The van der Waals surface area contributed by atoms with Crippen molar-refractivity contribution in [3.05, 3.63) is 134 Å². The Hall–Kier alpha value is -4.45. The molecule has 0 aromatic heterocycles. The fourth-order valence-corrected chi connectivity index (χ4v) is 8.79. The zero-order chi connectivity index (χ0) is 57.1. The Morgan fingerprint density at radius 2 is 0.494 bits per heavy atom. The zero-order valence-corrected chi connectivity index (χ0v) is 51.3. The molecular weight excluding hydrogens is 973 g/mol. The summed E-state index contributed by atoms with van der Waals surface area (Å²) in [6.45, 7) is 6.39. The molecule has 0 aliphatic carbocycles. The Labute approximate surface area is 487 Å². The first-order valence-corrected chi connectivity index (χ1v) is 32.7. The topological polar surface area (TPSA) is 78.9 Å². The van der Waals surface area contributed by atoms with Gasteiger partial charge in [-0.15, -0.1) is 0 Å². The molecule has 0 rings (SSSR count). The number of ether oxygens (including phenoxy) is 3. The lowest BCUT2D eigenvalue weighted by Crippen LogP contribution is -2.30. The summed E-state index contributed by atoms with van der Waals surface area (Å²) in [6, 6.07) is 0. The lowest BCUT2D eigenvalue weighted by atomic mass is 10.1. The molecule has 0 bridgehead atoms. The molecule has 0 heterocycles. The highest BCUT2D eigenvalue weighted by atomic mass is 16.6. The molecule has 0 aromatic rings. The summed E-state index contributed by atoms with van der Waals surface area (Å²) in [5.74, 6) is -0.927. The third-order valence-corrected chi connectivity index (χ3v) is 13.6. The van der Waals surface area contributed by atoms with Crippen LogP contribution in [0.25, 0.3) is 0 Å². The van der Waals surface area contributed by atoms with Crippen LogP contribution in [-0.2, 0) is 28.6 Å². The standard InChI is InChI=1S/C73H120O6/c1-4-7-10-13-16-19-22-25-28-30-32-34-35-36-37-39-40-42-45-48-51-54-57-60-63-66-72(75)78-69-70(68-77-71(74)65-62-59-56-53-50-47-44-27-24-21-18-15-12-9-6-3)79-73(76)67-64-61-58-55-52-49-46-43-41-38-33-31-29-26-23-20-17-14-11-8-5-2/h7,9-10,12,16,18-19,21,23,25-28,31-34,36-37,40,42,44,70H,4-6,8,11,13-15,17,20,22,24,29-30,35,38-39,41,43,45-69H2,1-3H3/b10-7-,12-9-,19-16-,21-18-,26-23-,28-25-,33-31-,34-32-,37-36-,42-40-,44-27-. The van der Waals surface area contributed by atoms with E-state index in [1.807, 2.05) is 0 Å². The Kier molecular flexibility index (Phi) is 62.3. The van der Waals surface area contributed by atoms with Crippen LogP contribution in [-0.4, -0.2) is 37.2 Å². The summed E-state index contributed by atoms with van der Waals surface area (Å²) in [4.78, 5) is 38.4. The van der Waals surface area contributed by atoms with Crippen molar-refractivity contribution in [1.82, 2.24) is 0 Å². The first-order chi connectivity index (χ1) is 39.0. The van der Waals surface area contributed by atoms with E-state index < -0.39 is 6.10 Å². The number of hydrogen-bond acceptors (Lipinski definition) is 6. The largest absolute Gasteiger partial charge is 0.462 e. The highest BCUT2D eigenvalue weighted by Gasteiger charge is 2.19. The summed E-state index contributed by atoms with van der Waals surface area (Å²) < 4.78 is 16.9. The van der Waals surface area contributed by atoms with Gasteiger partial charge < -0.3 is 14.2 Å². The van der Waals surface area contributed by atoms with Gasteiger partial charge in [0.2, 0.25) is 0 Å². The molecule has 1 atom stereocenters. The lowest BCUT2D eigenvalue weighted by molar-refractivity contribution is -0.167. The molecule has 0 saturated heterocycles. The smallest absolute Gasteiger partial charge is 0.306 e. The van der Waals surface area contributed by atoms with Crippen molar-refractivity contribution in [2.45, 2.75) is 297 Å². The molecule has 0 aromatic carbocycles. The van der Waals surface area contributed by atoms with Crippen LogP contribution < -0.4 is 0 Å². The first-order valence-electron chi connectivity index (χ1n) is 32.7. The van der Waals surface area contributed by atoms with Crippen molar-refractivity contribution < 1.29 is 28.6 Å². The third kappa shape index (κ3) is 64.3. The number of carbonyl (C=O) groups excluding carboxylic acids is 3. The molecule has 79 heavy (non-hydrogen) atoms. The van der Waals surface area contributed by atoms with Gasteiger partial charge in [0, 0.05) is 19.3 Å². The van der Waals surface area contributed by atoms with Crippen molar-refractivity contribution in [2.24, 2.45) is 0 Å². The minimum Gasteiger partial charge on any atom is -0.462 e. The second-order valence-corrected chi connectivity index (χ2v) is 21.3. The summed E-state index contributed by atoms with van der Waals surface area (Å²) in [7, 11) is 0. The summed E-state index contributed by atoms with van der Waals surface area (Å²) in [6.07, 6.45) is 93.1. The highest BCUT2D eigenvalue weighted by Crippen LogP contribution is 2.15. The van der Waals surface area contributed by atoms with Crippen molar-refractivity contribution in [2.75, 3.05) is 13.2 Å². The third-order valence-electron chi connectivity index (χ3n) is 13.6. The minimum atomic E-state index is -0.801. The van der Waals surface area contributed by atoms with Gasteiger partial charge in [0.15, 0.2) is 6.10 Å². The number of allylic oxidation sites excluding steroid dienone is 22. The number of hydrogen-bond donors (Lipinski definition) is 0. The quantitative estimate of drug-likeness (QED) is 0.0261. The molecule has 0 N–H and O–H groups in total. The van der Waals surface area contributed by atoms with E-state index in [0.29, 0.717) is 19.3 Å². The van der Waals surface area contributed by atoms with Gasteiger partial charge in [-0.25, -0.2) is 0 Å². The summed E-state index contributed by atoms with van der Waals surface area (Å²) >= 11 is 0. The van der Waals surface area contributed by atoms with Crippen LogP contribution in [0.15, 0.2) is 134 Å². The molecule has 0 saturated carbocycles. The average Bonchev–Trinajstić information content (AvgIpc) is 3.45. The van der Waals surface area contributed by atoms with Crippen LogP contribution in [0.1, 0.15) is 290 Å². The molecule has 1 unspecified atom stereocenters. The Morgan fingerprint density at radius 3 is 0.772 bits per heavy atom. The Bertz CT molecular complexity index is 1680. The predicted octanol–water partition coefficient (Wildman–Crippen LogP) is 22.5. The van der Waals surface area contributed by atoms with Crippen LogP contribution in [0.2, 0.25) is 0 Å². The molecular formula is C73H120O6. The van der Waals surface area contributed by atoms with Gasteiger partial charge in [0.1, 0.15) is 13.2 Å². The number of carbonyl (C=O) groups is 3. The maximum absolute atomic E-state index is 12.9. The maximum Gasteiger partial charge on any atom is 0.306 e. The number of unbranched alkanes of at least 4 members (excludes halogenated alkanes) is 25. The van der Waals surface area contributed by atoms with E-state index >= 15 is 0 Å². The van der Waals surface area contributed by atoms with Crippen molar-refractivity contribution >= 4 is 17.9 Å². The van der Waals surface area contributed by atoms with Crippen LogP contribution in [0.5, 0.6) is 0 Å². The SMILES string of the molecule is CC/C=C\C/C=C\C/C=C\C/C=C\C/C=C\C/C=C\CCCCCCCCC(=O)OCC(COC(=O)CCCCCCC/C=C\C/C=C\C/C=C\CC)OC(=O)CCCCCCCCCCC/C=C\C/C=C\CCCCCCC. The van der Waals surface area contributed by atoms with Crippen LogP contribution in [0.4, 0.5) is 0 Å². The molecule has 0 spiro atoms. The normalized spacial score (nSPS) is 13.0. The number of esters is 3. The van der Waals surface area contributed by atoms with E-state index in [9.17, 15) is 14.4 Å². The second-order valence-electron chi connectivity index (χ2n) is 21.3. The van der Waals surface area contributed by atoms with Gasteiger partial charge in [0.05, 0.1) is 0 Å². The molecule has 448 valence electrons. The molecule has 0 radical (unpaired) electrons. The first kappa shape index (κ1) is 74.5. The summed E-state index contributed by atoms with van der Waals surface area (Å²) in [5, 5.41) is 0. The summed E-state index contributed by atoms with van der Waals surface area (Å²) in [5.41, 5.74) is 0. The highest BCUT2D eigenvalue weighted by molar-refractivity contribution is 5.71. The van der Waals surface area contributed by atoms with Gasteiger partial charge in [0.25, 0.3) is 0 Å². The van der Waals surface area contributed by atoms with Crippen LogP contribution in [0.3, 0.4) is 0 Å². The van der Waals surface area contributed by atoms with Crippen molar-refractivity contribution in [3.8, 4) is 0 Å². The van der Waals surface area contributed by atoms with E-state index in [0.717, 1.165) is 154 Å². The van der Waals surface area contributed by atoms with Gasteiger partial charge in [-0.2, -0.15) is 0 Å². The lowest BCUT2D eigenvalue weighted by Gasteiger charge is -2.18. The molecule has 0 aliphatic heterocycles. The van der Waals surface area contributed by atoms with Crippen molar-refractivity contribution in [3.63, 3.8) is 0 Å². The maximum atomic E-state index is 12.9. The fourth-order valence-electron chi connectivity index (χ4n) is 8.79. The second kappa shape index (κ2) is 66.1.